The van der Waals surface area contributed by atoms with Gasteiger partial charge in [-0.25, -0.2) is 0 Å². The summed E-state index contributed by atoms with van der Waals surface area (Å²) in [6.07, 6.45) is 4.43. The van der Waals surface area contributed by atoms with Crippen LogP contribution in [0.2, 0.25) is 0 Å². The van der Waals surface area contributed by atoms with Crippen molar-refractivity contribution in [1.29, 1.82) is 0 Å². The molecule has 0 fully saturated rings. The van der Waals surface area contributed by atoms with Crippen molar-refractivity contribution in [2.24, 2.45) is 5.73 Å². The third-order valence-electron chi connectivity index (χ3n) is 3.27. The molecule has 1 aliphatic heterocycles. The Morgan fingerprint density at radius 2 is 2.25 bits per heavy atom. The normalized spacial score (nSPS) is 21.5. The Morgan fingerprint density at radius 3 is 3.06 bits per heavy atom. The molecule has 1 aromatic rings. The van der Waals surface area contributed by atoms with Crippen LogP contribution in [-0.2, 0) is 11.2 Å². The number of fused-ring (bicyclic) bond motifs is 1. The Morgan fingerprint density at radius 1 is 1.44 bits per heavy atom. The molecule has 0 radical (unpaired) electrons. The van der Waals surface area contributed by atoms with Gasteiger partial charge >= 0.3 is 0 Å². The maximum atomic E-state index is 6.09. The van der Waals surface area contributed by atoms with Crippen LogP contribution in [0.3, 0.4) is 0 Å². The van der Waals surface area contributed by atoms with Crippen LogP contribution >= 0.6 is 0 Å². The quantitative estimate of drug-likeness (QED) is 0.845. The summed E-state index contributed by atoms with van der Waals surface area (Å²) in [5.41, 5.74) is 8.87. The van der Waals surface area contributed by atoms with Crippen LogP contribution in [0.25, 0.3) is 0 Å². The van der Waals surface area contributed by atoms with E-state index >= 15 is 0 Å². The Kier molecular flexibility index (Phi) is 3.97. The standard InChI is InChI=1S/C14H21NO/c1-2-5-12(15)10-14-13-7-4-3-6-11(13)8-9-16-14/h3-4,6-7,12,14H,2,5,8-10,15H2,1H3. The van der Waals surface area contributed by atoms with E-state index in [9.17, 15) is 0 Å². The molecule has 2 heteroatoms. The van der Waals surface area contributed by atoms with E-state index in [1.165, 1.54) is 11.1 Å². The lowest BCUT2D eigenvalue weighted by molar-refractivity contribution is 0.0315. The number of rotatable bonds is 4. The highest BCUT2D eigenvalue weighted by Crippen LogP contribution is 2.30. The molecular formula is C14H21NO. The van der Waals surface area contributed by atoms with Gasteiger partial charge in [0.25, 0.3) is 0 Å². The van der Waals surface area contributed by atoms with E-state index < -0.39 is 0 Å². The highest BCUT2D eigenvalue weighted by Gasteiger charge is 2.22. The van der Waals surface area contributed by atoms with Crippen LogP contribution in [0, 0.1) is 0 Å². The molecule has 2 rings (SSSR count). The molecule has 2 unspecified atom stereocenters. The highest BCUT2D eigenvalue weighted by molar-refractivity contribution is 5.30. The smallest absolute Gasteiger partial charge is 0.0842 e. The first-order chi connectivity index (χ1) is 7.81. The van der Waals surface area contributed by atoms with E-state index in [-0.39, 0.29) is 12.1 Å². The summed E-state index contributed by atoms with van der Waals surface area (Å²) in [7, 11) is 0. The molecular weight excluding hydrogens is 198 g/mol. The zero-order valence-electron chi connectivity index (χ0n) is 9.99. The molecule has 0 aromatic heterocycles. The Hall–Kier alpha value is -0.860. The van der Waals surface area contributed by atoms with Gasteiger partial charge in [-0.2, -0.15) is 0 Å². The second kappa shape index (κ2) is 5.46. The van der Waals surface area contributed by atoms with Gasteiger partial charge in [0.05, 0.1) is 12.7 Å². The Labute approximate surface area is 97.8 Å². The van der Waals surface area contributed by atoms with Crippen molar-refractivity contribution in [3.8, 4) is 0 Å². The molecule has 2 nitrogen and oxygen atoms in total. The van der Waals surface area contributed by atoms with Crippen molar-refractivity contribution in [3.05, 3.63) is 35.4 Å². The summed E-state index contributed by atoms with van der Waals surface area (Å²) in [5.74, 6) is 0. The third-order valence-corrected chi connectivity index (χ3v) is 3.27. The lowest BCUT2D eigenvalue weighted by Crippen LogP contribution is -2.26. The van der Waals surface area contributed by atoms with E-state index in [0.717, 1.165) is 32.3 Å². The lowest BCUT2D eigenvalue weighted by Gasteiger charge is -2.28. The van der Waals surface area contributed by atoms with Gasteiger partial charge in [0.2, 0.25) is 0 Å². The number of ether oxygens (including phenoxy) is 1. The molecule has 0 spiro atoms. The predicted octanol–water partition coefficient (Wildman–Crippen LogP) is 2.82. The molecule has 2 N–H and O–H groups in total. The molecule has 1 heterocycles. The minimum absolute atomic E-state index is 0.214. The van der Waals surface area contributed by atoms with E-state index in [2.05, 4.69) is 31.2 Å². The molecule has 1 aliphatic rings. The van der Waals surface area contributed by atoms with E-state index in [1.54, 1.807) is 0 Å². The van der Waals surface area contributed by atoms with Crippen molar-refractivity contribution >= 4 is 0 Å². The van der Waals surface area contributed by atoms with Crippen molar-refractivity contribution in [3.63, 3.8) is 0 Å². The lowest BCUT2D eigenvalue weighted by atomic mass is 9.93. The Bertz CT molecular complexity index is 337. The van der Waals surface area contributed by atoms with Crippen LogP contribution in [0.5, 0.6) is 0 Å². The summed E-state index contributed by atoms with van der Waals surface area (Å²) >= 11 is 0. The predicted molar refractivity (Wildman–Crippen MR) is 66.3 cm³/mol. The maximum Gasteiger partial charge on any atom is 0.0842 e. The Balaban J connectivity index is 2.07. The van der Waals surface area contributed by atoms with E-state index in [4.69, 9.17) is 10.5 Å². The van der Waals surface area contributed by atoms with Gasteiger partial charge in [-0.1, -0.05) is 37.6 Å². The number of hydrogen-bond acceptors (Lipinski definition) is 2. The molecule has 0 bridgehead atoms. The van der Waals surface area contributed by atoms with Gasteiger partial charge in [-0.05, 0) is 30.4 Å². The highest BCUT2D eigenvalue weighted by atomic mass is 16.5. The zero-order chi connectivity index (χ0) is 11.4. The minimum Gasteiger partial charge on any atom is -0.373 e. The SMILES string of the molecule is CCCC(N)CC1OCCc2ccccc21. The average molecular weight is 219 g/mol. The molecule has 0 saturated heterocycles. The first-order valence-corrected chi connectivity index (χ1v) is 6.26. The van der Waals surface area contributed by atoms with Crippen molar-refractivity contribution in [2.45, 2.75) is 44.8 Å². The first-order valence-electron chi connectivity index (χ1n) is 6.26. The van der Waals surface area contributed by atoms with Crippen molar-refractivity contribution in [1.82, 2.24) is 0 Å². The second-order valence-corrected chi connectivity index (χ2v) is 4.59. The van der Waals surface area contributed by atoms with Crippen LogP contribution in [-0.4, -0.2) is 12.6 Å². The molecule has 16 heavy (non-hydrogen) atoms. The summed E-state index contributed by atoms with van der Waals surface area (Å²) in [6.45, 7) is 3.01. The van der Waals surface area contributed by atoms with Crippen molar-refractivity contribution in [2.75, 3.05) is 6.61 Å². The molecule has 88 valence electrons. The maximum absolute atomic E-state index is 6.09. The second-order valence-electron chi connectivity index (χ2n) is 4.59. The summed E-state index contributed by atoms with van der Waals surface area (Å²) < 4.78 is 5.84. The van der Waals surface area contributed by atoms with Gasteiger partial charge in [-0.15, -0.1) is 0 Å². The van der Waals surface area contributed by atoms with Gasteiger partial charge in [0.1, 0.15) is 0 Å². The minimum atomic E-state index is 0.214. The van der Waals surface area contributed by atoms with Crippen LogP contribution in [0.15, 0.2) is 24.3 Å². The van der Waals surface area contributed by atoms with E-state index in [0.29, 0.717) is 0 Å². The monoisotopic (exact) mass is 219 g/mol. The summed E-state index contributed by atoms with van der Waals surface area (Å²) in [5, 5.41) is 0. The van der Waals surface area contributed by atoms with E-state index in [1.807, 2.05) is 0 Å². The number of benzene rings is 1. The number of hydrogen-bond donors (Lipinski definition) is 1. The summed E-state index contributed by atoms with van der Waals surface area (Å²) in [4.78, 5) is 0. The zero-order valence-corrected chi connectivity index (χ0v) is 9.99. The van der Waals surface area contributed by atoms with Gasteiger partial charge in [-0.3, -0.25) is 0 Å². The van der Waals surface area contributed by atoms with Gasteiger partial charge in [0.15, 0.2) is 0 Å². The molecule has 0 amide bonds. The van der Waals surface area contributed by atoms with Gasteiger partial charge in [0, 0.05) is 6.04 Å². The largest absolute Gasteiger partial charge is 0.373 e. The van der Waals surface area contributed by atoms with Crippen molar-refractivity contribution < 1.29 is 4.74 Å². The van der Waals surface area contributed by atoms with Gasteiger partial charge < -0.3 is 10.5 Å². The fourth-order valence-corrected chi connectivity index (χ4v) is 2.44. The number of nitrogens with two attached hydrogens (primary N) is 1. The van der Waals surface area contributed by atoms with Crippen LogP contribution in [0.4, 0.5) is 0 Å². The molecule has 1 aromatic carbocycles. The van der Waals surface area contributed by atoms with Crippen LogP contribution in [0.1, 0.15) is 43.4 Å². The van der Waals surface area contributed by atoms with Crippen LogP contribution < -0.4 is 5.73 Å². The fraction of sp³-hybridized carbons (Fsp3) is 0.571. The summed E-state index contributed by atoms with van der Waals surface area (Å²) in [6, 6.07) is 8.84. The molecule has 0 aliphatic carbocycles. The molecule has 2 atom stereocenters. The average Bonchev–Trinajstić information content (AvgIpc) is 2.30. The first kappa shape index (κ1) is 11.6. The molecule has 0 saturated carbocycles. The fourth-order valence-electron chi connectivity index (χ4n) is 2.44. The third kappa shape index (κ3) is 2.63. The topological polar surface area (TPSA) is 35.2 Å².